The summed E-state index contributed by atoms with van der Waals surface area (Å²) >= 11 is 0. The van der Waals surface area contributed by atoms with Crippen molar-refractivity contribution < 1.29 is 19.2 Å². The predicted molar refractivity (Wildman–Crippen MR) is 158 cm³/mol. The maximum atomic E-state index is 12.0. The lowest BCUT2D eigenvalue weighted by molar-refractivity contribution is -0.122. The molecular weight excluding hydrogens is 514 g/mol. The normalized spacial score (nSPS) is 10.0. The Morgan fingerprint density at radius 3 is 1.40 bits per heavy atom. The fraction of sp³-hybridized carbons (Fsp3) is 0.741. The predicted octanol–water partition coefficient (Wildman–Crippen LogP) is 2.05. The smallest absolute Gasteiger partial charge is 0.227 e. The highest BCUT2D eigenvalue weighted by atomic mass is 16.2. The van der Waals surface area contributed by atoms with E-state index < -0.39 is 0 Å². The van der Waals surface area contributed by atoms with Crippen molar-refractivity contribution in [2.24, 2.45) is 0 Å². The molecule has 0 fully saturated rings. The van der Waals surface area contributed by atoms with E-state index in [2.05, 4.69) is 53.8 Å². The van der Waals surface area contributed by atoms with E-state index in [9.17, 15) is 19.2 Å². The molecule has 13 nitrogen and oxygen atoms in total. The number of rotatable bonds is 21. The van der Waals surface area contributed by atoms with E-state index >= 15 is 0 Å². The van der Waals surface area contributed by atoms with Gasteiger partial charge in [0.25, 0.3) is 0 Å². The quantitative estimate of drug-likeness (QED) is 0.122. The molecule has 0 aliphatic rings. The largest absolute Gasteiger partial charge is 0.356 e. The van der Waals surface area contributed by atoms with Crippen LogP contribution >= 0.6 is 0 Å². The van der Waals surface area contributed by atoms with Crippen molar-refractivity contribution in [2.45, 2.75) is 92.4 Å². The summed E-state index contributed by atoms with van der Waals surface area (Å²) in [5.74, 6) is 1.04. The first-order valence-electron chi connectivity index (χ1n) is 14.6. The highest BCUT2D eigenvalue weighted by Gasteiger charge is 2.07. The standard InChI is InChI=1S/C25H45N9O4.C2H6/c1-4-6-7-10-21(36)27-14-9-16-29-23(38)12-18-31-25-33-19(3)32-24(34-25)30-17-11-22(37)28-15-8-13-26-20(35)5-2;1-2/h4-18H2,1-3H3,(H,26,35)(H,27,36)(H,28,37)(H,29,38)(H2,30,31,32,33,34);1-2H3. The molecule has 6 N–H and O–H groups in total. The van der Waals surface area contributed by atoms with E-state index in [0.717, 1.165) is 19.3 Å². The molecule has 1 aromatic heterocycles. The molecule has 1 rings (SSSR count). The molecule has 0 saturated carbocycles. The minimum absolute atomic E-state index is 0.00296. The van der Waals surface area contributed by atoms with Gasteiger partial charge in [-0.2, -0.15) is 15.0 Å². The van der Waals surface area contributed by atoms with Gasteiger partial charge in [-0.3, -0.25) is 19.2 Å². The van der Waals surface area contributed by atoms with Crippen molar-refractivity contribution in [3.8, 4) is 0 Å². The molecule has 0 aliphatic carbocycles. The number of hydrogen-bond acceptors (Lipinski definition) is 9. The van der Waals surface area contributed by atoms with Gasteiger partial charge in [0.05, 0.1) is 0 Å². The summed E-state index contributed by atoms with van der Waals surface area (Å²) in [6, 6.07) is 0. The van der Waals surface area contributed by atoms with E-state index in [0.29, 0.717) is 82.7 Å². The number of aromatic nitrogens is 3. The van der Waals surface area contributed by atoms with Gasteiger partial charge in [0.15, 0.2) is 0 Å². The van der Waals surface area contributed by atoms with Crippen molar-refractivity contribution in [3.05, 3.63) is 5.82 Å². The Hall–Kier alpha value is -3.51. The van der Waals surface area contributed by atoms with Crippen LogP contribution in [0.4, 0.5) is 11.9 Å². The third-order valence-corrected chi connectivity index (χ3v) is 5.34. The zero-order valence-electron chi connectivity index (χ0n) is 25.1. The Balaban J connectivity index is 0.00000742. The summed E-state index contributed by atoms with van der Waals surface area (Å²) in [7, 11) is 0. The maximum Gasteiger partial charge on any atom is 0.227 e. The Morgan fingerprint density at radius 1 is 0.550 bits per heavy atom. The van der Waals surface area contributed by atoms with Gasteiger partial charge in [0.1, 0.15) is 5.82 Å². The first-order chi connectivity index (χ1) is 19.3. The molecule has 228 valence electrons. The SMILES string of the molecule is CC.CCCCCC(=O)NCCCNC(=O)CCNc1nc(C)nc(NCCC(=O)NCCCNC(=O)CC)n1. The number of nitrogens with one attached hydrogen (secondary N) is 6. The van der Waals surface area contributed by atoms with Gasteiger partial charge in [0.2, 0.25) is 35.5 Å². The first kappa shape index (κ1) is 36.5. The first-order valence-corrected chi connectivity index (χ1v) is 14.6. The number of amides is 4. The third kappa shape index (κ3) is 20.5. The summed E-state index contributed by atoms with van der Waals surface area (Å²) in [4.78, 5) is 59.5. The molecule has 0 aromatic carbocycles. The van der Waals surface area contributed by atoms with Crippen LogP contribution in [0.3, 0.4) is 0 Å². The van der Waals surface area contributed by atoms with Gasteiger partial charge in [-0.15, -0.1) is 0 Å². The summed E-state index contributed by atoms with van der Waals surface area (Å²) in [6.07, 6.45) is 5.89. The lowest BCUT2D eigenvalue weighted by Gasteiger charge is -2.10. The third-order valence-electron chi connectivity index (χ3n) is 5.34. The molecule has 0 bridgehead atoms. The summed E-state index contributed by atoms with van der Waals surface area (Å²) in [5, 5.41) is 17.3. The van der Waals surface area contributed by atoms with Crippen molar-refractivity contribution in [3.63, 3.8) is 0 Å². The molecule has 0 aliphatic heterocycles. The van der Waals surface area contributed by atoms with Crippen LogP contribution < -0.4 is 31.9 Å². The van der Waals surface area contributed by atoms with Crippen LogP contribution in [0.1, 0.15) is 91.3 Å². The molecular formula is C27H51N9O4. The second kappa shape index (κ2) is 24.5. The number of hydrogen-bond donors (Lipinski definition) is 6. The second-order valence-corrected chi connectivity index (χ2v) is 8.80. The van der Waals surface area contributed by atoms with Gasteiger partial charge in [0, 0.05) is 65.0 Å². The zero-order valence-corrected chi connectivity index (χ0v) is 25.1. The molecule has 0 atom stereocenters. The average Bonchev–Trinajstić information content (AvgIpc) is 2.93. The zero-order chi connectivity index (χ0) is 30.0. The van der Waals surface area contributed by atoms with E-state index in [-0.39, 0.29) is 36.5 Å². The molecule has 40 heavy (non-hydrogen) atoms. The minimum atomic E-state index is -0.108. The number of aryl methyl sites for hydroxylation is 1. The van der Waals surface area contributed by atoms with Gasteiger partial charge >= 0.3 is 0 Å². The maximum absolute atomic E-state index is 12.0. The van der Waals surface area contributed by atoms with Gasteiger partial charge in [-0.1, -0.05) is 40.5 Å². The van der Waals surface area contributed by atoms with Crippen molar-refractivity contribution in [1.82, 2.24) is 36.2 Å². The molecule has 0 radical (unpaired) electrons. The summed E-state index contributed by atoms with van der Waals surface area (Å²) in [6.45, 7) is 12.4. The summed E-state index contributed by atoms with van der Waals surface area (Å²) in [5.41, 5.74) is 0. The highest BCUT2D eigenvalue weighted by Crippen LogP contribution is 2.05. The van der Waals surface area contributed by atoms with E-state index in [1.807, 2.05) is 13.8 Å². The number of carbonyl (C=O) groups excluding carboxylic acids is 4. The lowest BCUT2D eigenvalue weighted by Crippen LogP contribution is -2.30. The van der Waals surface area contributed by atoms with E-state index in [1.165, 1.54) is 0 Å². The highest BCUT2D eigenvalue weighted by molar-refractivity contribution is 5.77. The van der Waals surface area contributed by atoms with Gasteiger partial charge < -0.3 is 31.9 Å². The number of carbonyl (C=O) groups is 4. The minimum Gasteiger partial charge on any atom is -0.356 e. The Labute approximate surface area is 239 Å². The van der Waals surface area contributed by atoms with Crippen LogP contribution in [0.5, 0.6) is 0 Å². The van der Waals surface area contributed by atoms with Gasteiger partial charge in [-0.25, -0.2) is 0 Å². The second-order valence-electron chi connectivity index (χ2n) is 8.80. The fourth-order valence-corrected chi connectivity index (χ4v) is 3.23. The van der Waals surface area contributed by atoms with Crippen molar-refractivity contribution in [1.29, 1.82) is 0 Å². The van der Waals surface area contributed by atoms with E-state index in [4.69, 9.17) is 0 Å². The monoisotopic (exact) mass is 565 g/mol. The molecule has 0 unspecified atom stereocenters. The molecule has 1 aromatic rings. The topological polar surface area (TPSA) is 179 Å². The fourth-order valence-electron chi connectivity index (χ4n) is 3.23. The number of anilines is 2. The van der Waals surface area contributed by atoms with Crippen LogP contribution in [-0.2, 0) is 19.2 Å². The van der Waals surface area contributed by atoms with Crippen LogP contribution in [0.2, 0.25) is 0 Å². The van der Waals surface area contributed by atoms with Crippen LogP contribution in [0, 0.1) is 6.92 Å². The number of nitrogens with zero attached hydrogens (tertiary/aromatic N) is 3. The van der Waals surface area contributed by atoms with Gasteiger partial charge in [-0.05, 0) is 26.2 Å². The lowest BCUT2D eigenvalue weighted by atomic mass is 10.2. The Morgan fingerprint density at radius 2 is 0.975 bits per heavy atom. The van der Waals surface area contributed by atoms with Crippen molar-refractivity contribution in [2.75, 3.05) is 49.9 Å². The molecule has 0 spiro atoms. The van der Waals surface area contributed by atoms with Crippen molar-refractivity contribution >= 4 is 35.5 Å². The molecule has 4 amide bonds. The van der Waals surface area contributed by atoms with E-state index in [1.54, 1.807) is 13.8 Å². The average molecular weight is 566 g/mol. The molecule has 13 heteroatoms. The summed E-state index contributed by atoms with van der Waals surface area (Å²) < 4.78 is 0. The van der Waals surface area contributed by atoms with Crippen LogP contribution in [-0.4, -0.2) is 77.8 Å². The number of unbranched alkanes of at least 4 members (excludes halogenated alkanes) is 2. The van der Waals surface area contributed by atoms with Crippen LogP contribution in [0.25, 0.3) is 0 Å². The molecule has 0 saturated heterocycles. The Bertz CT molecular complexity index is 868. The molecule has 1 heterocycles. The van der Waals surface area contributed by atoms with Crippen LogP contribution in [0.15, 0.2) is 0 Å². The Kier molecular flexibility index (Phi) is 22.4.